The molecule has 1 heterocycles. The minimum atomic E-state index is -0.591. The maximum absolute atomic E-state index is 12.2. The summed E-state index contributed by atoms with van der Waals surface area (Å²) in [5, 5.41) is 4.95. The van der Waals surface area contributed by atoms with Crippen LogP contribution in [0.25, 0.3) is 0 Å². The van der Waals surface area contributed by atoms with Gasteiger partial charge in [-0.15, -0.1) is 11.3 Å². The van der Waals surface area contributed by atoms with Crippen molar-refractivity contribution in [1.29, 1.82) is 0 Å². The third kappa shape index (κ3) is 2.50. The summed E-state index contributed by atoms with van der Waals surface area (Å²) in [6.45, 7) is 0.570. The standard InChI is InChI=1S/C12H16N2OS2/c13-10(16)12(5-1-2-6-12)11(15)14-8-9-4-3-7-17-9/h3-4,7H,1-2,5-6,8H2,(H2,13,16)(H,14,15). The first-order valence-electron chi connectivity index (χ1n) is 5.76. The number of hydrogen-bond donors (Lipinski definition) is 2. The fourth-order valence-corrected chi connectivity index (χ4v) is 3.26. The van der Waals surface area contributed by atoms with Gasteiger partial charge in [-0.2, -0.15) is 0 Å². The summed E-state index contributed by atoms with van der Waals surface area (Å²) in [5.41, 5.74) is 5.17. The molecule has 1 aromatic rings. The van der Waals surface area contributed by atoms with Crippen LogP contribution in [0.2, 0.25) is 0 Å². The van der Waals surface area contributed by atoms with Crippen LogP contribution in [-0.2, 0) is 11.3 Å². The lowest BCUT2D eigenvalue weighted by Gasteiger charge is -2.26. The molecular formula is C12H16N2OS2. The van der Waals surface area contributed by atoms with Gasteiger partial charge in [0, 0.05) is 4.88 Å². The van der Waals surface area contributed by atoms with Crippen LogP contribution in [0.4, 0.5) is 0 Å². The van der Waals surface area contributed by atoms with E-state index in [-0.39, 0.29) is 5.91 Å². The van der Waals surface area contributed by atoms with E-state index in [0.29, 0.717) is 11.5 Å². The Hall–Kier alpha value is -0.940. The minimum Gasteiger partial charge on any atom is -0.392 e. The van der Waals surface area contributed by atoms with Crippen molar-refractivity contribution in [1.82, 2.24) is 5.32 Å². The molecule has 5 heteroatoms. The number of rotatable bonds is 4. The Morgan fingerprint density at radius 1 is 1.53 bits per heavy atom. The molecule has 2 rings (SSSR count). The third-order valence-corrected chi connectivity index (χ3v) is 4.63. The summed E-state index contributed by atoms with van der Waals surface area (Å²) < 4.78 is 0. The maximum atomic E-state index is 12.2. The van der Waals surface area contributed by atoms with E-state index in [4.69, 9.17) is 18.0 Å². The Bertz CT molecular complexity index is 408. The Balaban J connectivity index is 2.00. The van der Waals surface area contributed by atoms with E-state index in [1.54, 1.807) is 11.3 Å². The van der Waals surface area contributed by atoms with E-state index < -0.39 is 5.41 Å². The summed E-state index contributed by atoms with van der Waals surface area (Å²) in [7, 11) is 0. The predicted molar refractivity (Wildman–Crippen MR) is 73.9 cm³/mol. The number of nitrogens with two attached hydrogens (primary N) is 1. The summed E-state index contributed by atoms with van der Waals surface area (Å²) in [5.74, 6) is -0.00380. The number of carbonyl (C=O) groups is 1. The molecule has 1 saturated carbocycles. The van der Waals surface area contributed by atoms with E-state index in [1.165, 1.54) is 0 Å². The highest BCUT2D eigenvalue weighted by Gasteiger charge is 2.43. The Labute approximate surface area is 110 Å². The van der Waals surface area contributed by atoms with Crippen molar-refractivity contribution in [3.05, 3.63) is 22.4 Å². The van der Waals surface area contributed by atoms with Crippen molar-refractivity contribution in [2.24, 2.45) is 11.1 Å². The summed E-state index contributed by atoms with van der Waals surface area (Å²) in [6.07, 6.45) is 3.64. The number of carbonyl (C=O) groups excluding carboxylic acids is 1. The first kappa shape index (κ1) is 12.5. The van der Waals surface area contributed by atoms with Gasteiger partial charge >= 0.3 is 0 Å². The Morgan fingerprint density at radius 3 is 2.76 bits per heavy atom. The Morgan fingerprint density at radius 2 is 2.24 bits per heavy atom. The normalized spacial score (nSPS) is 17.9. The number of thiocarbonyl (C=S) groups is 1. The van der Waals surface area contributed by atoms with Gasteiger partial charge in [0.2, 0.25) is 5.91 Å². The fraction of sp³-hybridized carbons (Fsp3) is 0.500. The predicted octanol–water partition coefficient (Wildman–Crippen LogP) is 2.21. The highest BCUT2D eigenvalue weighted by atomic mass is 32.1. The van der Waals surface area contributed by atoms with Crippen LogP contribution in [0.15, 0.2) is 17.5 Å². The molecule has 0 aliphatic heterocycles. The molecule has 1 amide bonds. The van der Waals surface area contributed by atoms with E-state index in [2.05, 4.69) is 5.32 Å². The van der Waals surface area contributed by atoms with Crippen LogP contribution in [0.1, 0.15) is 30.6 Å². The zero-order valence-corrected chi connectivity index (χ0v) is 11.2. The van der Waals surface area contributed by atoms with E-state index in [1.807, 2.05) is 17.5 Å². The average molecular weight is 268 g/mol. The molecular weight excluding hydrogens is 252 g/mol. The van der Waals surface area contributed by atoms with Gasteiger partial charge in [0.15, 0.2) is 0 Å². The molecule has 1 aromatic heterocycles. The second-order valence-electron chi connectivity index (χ2n) is 4.42. The molecule has 17 heavy (non-hydrogen) atoms. The largest absolute Gasteiger partial charge is 0.392 e. The first-order valence-corrected chi connectivity index (χ1v) is 7.04. The fourth-order valence-electron chi connectivity index (χ4n) is 2.31. The van der Waals surface area contributed by atoms with E-state index >= 15 is 0 Å². The van der Waals surface area contributed by atoms with Gasteiger partial charge in [0.25, 0.3) is 0 Å². The van der Waals surface area contributed by atoms with Gasteiger partial charge < -0.3 is 11.1 Å². The number of amides is 1. The molecule has 1 aliphatic rings. The van der Waals surface area contributed by atoms with E-state index in [0.717, 1.165) is 30.6 Å². The van der Waals surface area contributed by atoms with Crippen molar-refractivity contribution in [2.75, 3.05) is 0 Å². The van der Waals surface area contributed by atoms with Gasteiger partial charge in [-0.25, -0.2) is 0 Å². The summed E-state index contributed by atoms with van der Waals surface area (Å²) >= 11 is 6.71. The molecule has 0 unspecified atom stereocenters. The zero-order valence-electron chi connectivity index (χ0n) is 9.57. The summed E-state index contributed by atoms with van der Waals surface area (Å²) in [4.78, 5) is 13.7. The average Bonchev–Trinajstić information content (AvgIpc) is 2.97. The topological polar surface area (TPSA) is 55.1 Å². The molecule has 3 N–H and O–H groups in total. The molecule has 0 radical (unpaired) electrons. The molecule has 3 nitrogen and oxygen atoms in total. The van der Waals surface area contributed by atoms with Crippen molar-refractivity contribution >= 4 is 34.5 Å². The summed E-state index contributed by atoms with van der Waals surface area (Å²) in [6, 6.07) is 3.98. The highest BCUT2D eigenvalue weighted by molar-refractivity contribution is 7.80. The quantitative estimate of drug-likeness (QED) is 0.823. The SMILES string of the molecule is NC(=S)C1(C(=O)NCc2cccs2)CCCC1. The van der Waals surface area contributed by atoms with Crippen LogP contribution < -0.4 is 11.1 Å². The maximum Gasteiger partial charge on any atom is 0.233 e. The lowest BCUT2D eigenvalue weighted by Crippen LogP contribution is -2.46. The van der Waals surface area contributed by atoms with Crippen molar-refractivity contribution < 1.29 is 4.79 Å². The zero-order chi connectivity index (χ0) is 12.3. The molecule has 92 valence electrons. The molecule has 0 spiro atoms. The van der Waals surface area contributed by atoms with Gasteiger partial charge in [0.1, 0.15) is 0 Å². The van der Waals surface area contributed by atoms with Crippen LogP contribution in [-0.4, -0.2) is 10.9 Å². The van der Waals surface area contributed by atoms with Crippen LogP contribution >= 0.6 is 23.6 Å². The lowest BCUT2D eigenvalue weighted by molar-refractivity contribution is -0.127. The molecule has 1 fully saturated rings. The van der Waals surface area contributed by atoms with Gasteiger partial charge in [-0.1, -0.05) is 31.1 Å². The van der Waals surface area contributed by atoms with Gasteiger partial charge in [-0.3, -0.25) is 4.79 Å². The molecule has 0 bridgehead atoms. The Kier molecular flexibility index (Phi) is 3.79. The van der Waals surface area contributed by atoms with Crippen LogP contribution in [0.5, 0.6) is 0 Å². The monoisotopic (exact) mass is 268 g/mol. The van der Waals surface area contributed by atoms with Gasteiger partial charge in [0.05, 0.1) is 16.9 Å². The molecule has 1 aliphatic carbocycles. The van der Waals surface area contributed by atoms with Crippen molar-refractivity contribution in [3.8, 4) is 0 Å². The lowest BCUT2D eigenvalue weighted by atomic mass is 9.85. The second-order valence-corrected chi connectivity index (χ2v) is 5.89. The molecule has 0 saturated heterocycles. The number of thiophene rings is 1. The number of hydrogen-bond acceptors (Lipinski definition) is 3. The smallest absolute Gasteiger partial charge is 0.233 e. The van der Waals surface area contributed by atoms with Crippen molar-refractivity contribution in [3.63, 3.8) is 0 Å². The van der Waals surface area contributed by atoms with Crippen LogP contribution in [0, 0.1) is 5.41 Å². The van der Waals surface area contributed by atoms with Crippen LogP contribution in [0.3, 0.4) is 0 Å². The second kappa shape index (κ2) is 5.14. The van der Waals surface area contributed by atoms with Gasteiger partial charge in [-0.05, 0) is 24.3 Å². The molecule has 0 aromatic carbocycles. The minimum absolute atomic E-state index is 0.00380. The first-order chi connectivity index (χ1) is 8.15. The van der Waals surface area contributed by atoms with Crippen molar-refractivity contribution in [2.45, 2.75) is 32.2 Å². The van der Waals surface area contributed by atoms with E-state index in [9.17, 15) is 4.79 Å². The number of nitrogens with one attached hydrogen (secondary N) is 1. The highest BCUT2D eigenvalue weighted by Crippen LogP contribution is 2.38. The third-order valence-electron chi connectivity index (χ3n) is 3.37. The molecule has 0 atom stereocenters.